The first-order chi connectivity index (χ1) is 11.7. The molecule has 0 N–H and O–H groups in total. The van der Waals surface area contributed by atoms with Crippen LogP contribution in [0.5, 0.6) is 5.75 Å². The van der Waals surface area contributed by atoms with E-state index >= 15 is 0 Å². The van der Waals surface area contributed by atoms with Crippen LogP contribution in [0.3, 0.4) is 0 Å². The maximum Gasteiger partial charge on any atom is 0.214 e. The van der Waals surface area contributed by atoms with Crippen LogP contribution in [0.2, 0.25) is 0 Å². The van der Waals surface area contributed by atoms with E-state index in [1.165, 1.54) is 11.8 Å². The van der Waals surface area contributed by atoms with Crippen LogP contribution in [-0.4, -0.2) is 38.4 Å². The van der Waals surface area contributed by atoms with Gasteiger partial charge in [-0.2, -0.15) is 4.68 Å². The van der Waals surface area contributed by atoms with E-state index in [4.69, 9.17) is 4.74 Å². The average Bonchev–Trinajstić information content (AvgIpc) is 3.10. The van der Waals surface area contributed by atoms with Gasteiger partial charge in [-0.25, -0.2) is 0 Å². The van der Waals surface area contributed by atoms with E-state index in [-0.39, 0.29) is 11.0 Å². The highest BCUT2D eigenvalue weighted by molar-refractivity contribution is 8.00. The van der Waals surface area contributed by atoms with Crippen LogP contribution in [0.25, 0.3) is 5.69 Å². The average molecular weight is 340 g/mol. The molecule has 0 radical (unpaired) electrons. The topological polar surface area (TPSA) is 69.9 Å². The summed E-state index contributed by atoms with van der Waals surface area (Å²) in [5.74, 6) is 0.741. The van der Waals surface area contributed by atoms with Crippen molar-refractivity contribution < 1.29 is 9.53 Å². The van der Waals surface area contributed by atoms with Gasteiger partial charge in [0.25, 0.3) is 0 Å². The van der Waals surface area contributed by atoms with Crippen molar-refractivity contribution in [3.8, 4) is 11.4 Å². The zero-order valence-electron chi connectivity index (χ0n) is 13.3. The predicted octanol–water partition coefficient (Wildman–Crippen LogP) is 3.03. The van der Waals surface area contributed by atoms with Gasteiger partial charge < -0.3 is 4.74 Å². The van der Waals surface area contributed by atoms with Gasteiger partial charge in [0.2, 0.25) is 5.16 Å². The summed E-state index contributed by atoms with van der Waals surface area (Å²) in [5, 5.41) is 12.0. The first-order valence-electron chi connectivity index (χ1n) is 7.38. The molecule has 6 nitrogen and oxygen atoms in total. The minimum atomic E-state index is -0.313. The van der Waals surface area contributed by atoms with Crippen LogP contribution in [-0.2, 0) is 0 Å². The van der Waals surface area contributed by atoms with Gasteiger partial charge in [-0.15, -0.1) is 5.10 Å². The van der Waals surface area contributed by atoms with Gasteiger partial charge in [0.1, 0.15) is 5.75 Å². The summed E-state index contributed by atoms with van der Waals surface area (Å²) >= 11 is 1.33. The number of para-hydroxylation sites is 1. The second kappa shape index (κ2) is 7.27. The Labute approximate surface area is 143 Å². The molecule has 0 bridgehead atoms. The van der Waals surface area contributed by atoms with Gasteiger partial charge in [-0.1, -0.05) is 30.0 Å². The maximum atomic E-state index is 12.6. The summed E-state index contributed by atoms with van der Waals surface area (Å²) < 4.78 is 6.74. The Balaban J connectivity index is 1.76. The van der Waals surface area contributed by atoms with Gasteiger partial charge >= 0.3 is 0 Å². The summed E-state index contributed by atoms with van der Waals surface area (Å²) in [6, 6.07) is 16.7. The van der Waals surface area contributed by atoms with Crippen molar-refractivity contribution in [3.05, 3.63) is 60.2 Å². The molecule has 0 fully saturated rings. The number of benzene rings is 2. The molecule has 0 saturated heterocycles. The van der Waals surface area contributed by atoms with Crippen molar-refractivity contribution in [3.63, 3.8) is 0 Å². The highest BCUT2D eigenvalue weighted by atomic mass is 32.2. The number of carbonyl (C=O) groups excluding carboxylic acids is 1. The van der Waals surface area contributed by atoms with Crippen molar-refractivity contribution in [2.45, 2.75) is 17.3 Å². The van der Waals surface area contributed by atoms with Crippen LogP contribution in [0.15, 0.2) is 59.8 Å². The van der Waals surface area contributed by atoms with E-state index in [2.05, 4.69) is 15.5 Å². The molecule has 1 aromatic heterocycles. The van der Waals surface area contributed by atoms with Crippen molar-refractivity contribution in [1.82, 2.24) is 20.2 Å². The lowest BCUT2D eigenvalue weighted by Crippen LogP contribution is -2.14. The molecule has 1 heterocycles. The molecule has 0 aliphatic carbocycles. The number of thioether (sulfide) groups is 1. The van der Waals surface area contributed by atoms with E-state index < -0.39 is 0 Å². The highest BCUT2D eigenvalue weighted by Crippen LogP contribution is 2.25. The fourth-order valence-corrected chi connectivity index (χ4v) is 3.07. The van der Waals surface area contributed by atoms with Gasteiger partial charge in [0.15, 0.2) is 5.78 Å². The molecular formula is C17H16N4O2S. The van der Waals surface area contributed by atoms with Crippen molar-refractivity contribution in [2.24, 2.45) is 0 Å². The standard InChI is InChI=1S/C17H16N4O2S/c1-12(16(22)13-8-10-15(23-2)11-9-13)24-17-18-19-20-21(17)14-6-4-3-5-7-14/h3-12H,1-2H3. The Kier molecular flexibility index (Phi) is 4.90. The third-order valence-corrected chi connectivity index (χ3v) is 4.50. The van der Waals surface area contributed by atoms with Gasteiger partial charge in [0, 0.05) is 5.56 Å². The van der Waals surface area contributed by atoms with Crippen molar-refractivity contribution >= 4 is 17.5 Å². The number of tetrazole rings is 1. The number of carbonyl (C=O) groups is 1. The molecule has 3 aromatic rings. The van der Waals surface area contributed by atoms with Gasteiger partial charge in [-0.05, 0) is 53.7 Å². The Hall–Kier alpha value is -2.67. The summed E-state index contributed by atoms with van der Waals surface area (Å²) in [4.78, 5) is 12.6. The normalized spacial score (nSPS) is 11.9. The number of ketones is 1. The molecule has 122 valence electrons. The molecule has 0 aliphatic heterocycles. The van der Waals surface area contributed by atoms with Crippen molar-refractivity contribution in [1.29, 1.82) is 0 Å². The number of ether oxygens (including phenoxy) is 1. The van der Waals surface area contributed by atoms with Crippen LogP contribution < -0.4 is 4.74 Å². The van der Waals surface area contributed by atoms with Crippen LogP contribution in [0.1, 0.15) is 17.3 Å². The molecule has 7 heteroatoms. The smallest absolute Gasteiger partial charge is 0.214 e. The summed E-state index contributed by atoms with van der Waals surface area (Å²) in [6.45, 7) is 1.85. The van der Waals surface area contributed by atoms with Gasteiger partial charge in [-0.3, -0.25) is 4.79 Å². The maximum absolute atomic E-state index is 12.6. The van der Waals surface area contributed by atoms with Crippen LogP contribution in [0.4, 0.5) is 0 Å². The molecule has 0 aliphatic rings. The second-order valence-electron chi connectivity index (χ2n) is 5.06. The van der Waals surface area contributed by atoms with Crippen LogP contribution in [0, 0.1) is 0 Å². The molecule has 24 heavy (non-hydrogen) atoms. The van der Waals surface area contributed by atoms with E-state index in [9.17, 15) is 4.79 Å². The van der Waals surface area contributed by atoms with E-state index in [0.29, 0.717) is 10.7 Å². The fraction of sp³-hybridized carbons (Fsp3) is 0.176. The Morgan fingerprint density at radius 1 is 1.12 bits per heavy atom. The van der Waals surface area contributed by atoms with E-state index in [0.717, 1.165) is 11.4 Å². The highest BCUT2D eigenvalue weighted by Gasteiger charge is 2.20. The van der Waals surface area contributed by atoms with E-state index in [1.807, 2.05) is 37.3 Å². The number of aromatic nitrogens is 4. The number of rotatable bonds is 6. The number of hydrogen-bond donors (Lipinski definition) is 0. The minimum Gasteiger partial charge on any atom is -0.497 e. The van der Waals surface area contributed by atoms with Crippen LogP contribution >= 0.6 is 11.8 Å². The number of methoxy groups -OCH3 is 1. The van der Waals surface area contributed by atoms with Gasteiger partial charge in [0.05, 0.1) is 18.0 Å². The molecule has 2 aromatic carbocycles. The first kappa shape index (κ1) is 16.2. The lowest BCUT2D eigenvalue weighted by Gasteiger charge is -2.10. The molecule has 0 spiro atoms. The molecule has 3 rings (SSSR count). The molecule has 0 amide bonds. The summed E-state index contributed by atoms with van der Waals surface area (Å²) in [5.41, 5.74) is 1.49. The Morgan fingerprint density at radius 2 is 1.83 bits per heavy atom. The monoisotopic (exact) mass is 340 g/mol. The number of Topliss-reactive ketones (excluding diaryl/α,β-unsaturated/α-hetero) is 1. The molecular weight excluding hydrogens is 324 g/mol. The Morgan fingerprint density at radius 3 is 2.50 bits per heavy atom. The second-order valence-corrected chi connectivity index (χ2v) is 6.37. The lowest BCUT2D eigenvalue weighted by molar-refractivity contribution is 0.0994. The zero-order valence-corrected chi connectivity index (χ0v) is 14.1. The summed E-state index contributed by atoms with van der Waals surface area (Å²) in [6.07, 6.45) is 0. The van der Waals surface area contributed by atoms with E-state index in [1.54, 1.807) is 36.1 Å². The minimum absolute atomic E-state index is 0.0188. The third kappa shape index (κ3) is 3.46. The quantitative estimate of drug-likeness (QED) is 0.507. The largest absolute Gasteiger partial charge is 0.497 e. The molecule has 1 unspecified atom stereocenters. The number of hydrogen-bond acceptors (Lipinski definition) is 6. The third-order valence-electron chi connectivity index (χ3n) is 3.47. The Bertz CT molecular complexity index is 818. The summed E-state index contributed by atoms with van der Waals surface area (Å²) in [7, 11) is 1.60. The molecule has 0 saturated carbocycles. The molecule has 1 atom stereocenters. The SMILES string of the molecule is COc1ccc(C(=O)C(C)Sc2nnnn2-c2ccccc2)cc1. The fourth-order valence-electron chi connectivity index (χ4n) is 2.19. The first-order valence-corrected chi connectivity index (χ1v) is 8.25. The lowest BCUT2D eigenvalue weighted by atomic mass is 10.1. The predicted molar refractivity (Wildman–Crippen MR) is 91.8 cm³/mol. The van der Waals surface area contributed by atoms with Crippen molar-refractivity contribution in [2.75, 3.05) is 7.11 Å². The number of nitrogens with zero attached hydrogens (tertiary/aromatic N) is 4. The zero-order chi connectivity index (χ0) is 16.9.